The summed E-state index contributed by atoms with van der Waals surface area (Å²) in [5, 5.41) is 0. The number of nitrogen functional groups attached to an aromatic ring is 1. The van der Waals surface area contributed by atoms with E-state index in [-0.39, 0.29) is 10.6 Å². The molecule has 0 atom stereocenters. The Hall–Kier alpha value is -1.11. The van der Waals surface area contributed by atoms with Crippen molar-refractivity contribution < 1.29 is 8.42 Å². The number of hydrogen-bond donors (Lipinski definition) is 2. The maximum atomic E-state index is 12.1. The van der Waals surface area contributed by atoms with Crippen LogP contribution >= 0.6 is 0 Å². The summed E-state index contributed by atoms with van der Waals surface area (Å²) in [5.74, 6) is 0. The lowest BCUT2D eigenvalue weighted by molar-refractivity contribution is 0.309. The zero-order chi connectivity index (χ0) is 14.5. The number of anilines is 1. The predicted molar refractivity (Wildman–Crippen MR) is 78.6 cm³/mol. The van der Waals surface area contributed by atoms with Gasteiger partial charge in [0, 0.05) is 13.1 Å². The number of nitrogens with two attached hydrogens (primary N) is 1. The van der Waals surface area contributed by atoms with Crippen molar-refractivity contribution >= 4 is 15.7 Å². The van der Waals surface area contributed by atoms with E-state index in [2.05, 4.69) is 23.5 Å². The highest BCUT2D eigenvalue weighted by atomic mass is 32.2. The lowest BCUT2D eigenvalue weighted by Crippen LogP contribution is -2.35. The average molecular weight is 285 g/mol. The van der Waals surface area contributed by atoms with E-state index in [4.69, 9.17) is 5.73 Å². The van der Waals surface area contributed by atoms with Gasteiger partial charge in [-0.15, -0.1) is 0 Å². The van der Waals surface area contributed by atoms with Gasteiger partial charge >= 0.3 is 0 Å². The highest BCUT2D eigenvalue weighted by Gasteiger charge is 2.16. The molecule has 108 valence electrons. The number of rotatable bonds is 7. The first-order chi connectivity index (χ1) is 8.90. The molecule has 3 N–H and O–H groups in total. The van der Waals surface area contributed by atoms with Gasteiger partial charge in [0.05, 0.1) is 5.69 Å². The maximum absolute atomic E-state index is 12.1. The molecular weight excluding hydrogens is 262 g/mol. The van der Waals surface area contributed by atoms with Gasteiger partial charge in [-0.25, -0.2) is 13.1 Å². The van der Waals surface area contributed by atoms with Gasteiger partial charge in [0.15, 0.2) is 0 Å². The molecule has 0 saturated heterocycles. The third kappa shape index (κ3) is 4.49. The molecule has 1 aromatic carbocycles. The fraction of sp³-hybridized carbons (Fsp3) is 0.538. The van der Waals surface area contributed by atoms with E-state index in [0.29, 0.717) is 13.1 Å². The molecule has 0 radical (unpaired) electrons. The van der Waals surface area contributed by atoms with Crippen molar-refractivity contribution in [3.63, 3.8) is 0 Å². The Morgan fingerprint density at radius 1 is 1.26 bits per heavy atom. The number of likely N-dealkylation sites (N-methyl/N-ethyl adjacent to an activating group) is 1. The molecule has 0 aliphatic rings. The first-order valence-corrected chi connectivity index (χ1v) is 7.97. The van der Waals surface area contributed by atoms with Crippen molar-refractivity contribution in [3.05, 3.63) is 23.8 Å². The van der Waals surface area contributed by atoms with Crippen LogP contribution in [0.2, 0.25) is 0 Å². The van der Waals surface area contributed by atoms with Gasteiger partial charge in [-0.3, -0.25) is 0 Å². The molecular formula is C13H23N3O2S. The van der Waals surface area contributed by atoms with Gasteiger partial charge in [-0.1, -0.05) is 19.9 Å². The molecule has 0 aliphatic heterocycles. The molecule has 0 saturated carbocycles. The zero-order valence-electron chi connectivity index (χ0n) is 11.8. The minimum Gasteiger partial charge on any atom is -0.398 e. The highest BCUT2D eigenvalue weighted by Crippen LogP contribution is 2.18. The molecule has 1 rings (SSSR count). The number of sulfonamides is 1. The summed E-state index contributed by atoms with van der Waals surface area (Å²) < 4.78 is 26.8. The molecule has 0 heterocycles. The SMILES string of the molecule is CCN(CC)CCNS(=O)(=O)c1ccc(C)cc1N. The van der Waals surface area contributed by atoms with Crippen LogP contribution in [0, 0.1) is 6.92 Å². The summed E-state index contributed by atoms with van der Waals surface area (Å²) in [4.78, 5) is 2.30. The van der Waals surface area contributed by atoms with Crippen LogP contribution in [0.4, 0.5) is 5.69 Å². The molecule has 19 heavy (non-hydrogen) atoms. The van der Waals surface area contributed by atoms with Crippen LogP contribution in [0.3, 0.4) is 0 Å². The lowest BCUT2D eigenvalue weighted by atomic mass is 10.2. The molecule has 0 bridgehead atoms. The van der Waals surface area contributed by atoms with Gasteiger partial charge in [0.25, 0.3) is 0 Å². The van der Waals surface area contributed by atoms with Crippen LogP contribution in [-0.2, 0) is 10.0 Å². The van der Waals surface area contributed by atoms with Gasteiger partial charge in [0.2, 0.25) is 10.0 Å². The van der Waals surface area contributed by atoms with E-state index in [1.807, 2.05) is 6.92 Å². The van der Waals surface area contributed by atoms with E-state index in [9.17, 15) is 8.42 Å². The van der Waals surface area contributed by atoms with Crippen molar-refractivity contribution in [2.24, 2.45) is 0 Å². The molecule has 1 aromatic rings. The van der Waals surface area contributed by atoms with Crippen molar-refractivity contribution in [2.45, 2.75) is 25.7 Å². The maximum Gasteiger partial charge on any atom is 0.242 e. The molecule has 0 aromatic heterocycles. The minimum atomic E-state index is -3.52. The summed E-state index contributed by atoms with van der Waals surface area (Å²) >= 11 is 0. The number of nitrogens with one attached hydrogen (secondary N) is 1. The number of benzene rings is 1. The quantitative estimate of drug-likeness (QED) is 0.738. The normalized spacial score (nSPS) is 12.0. The molecule has 0 fully saturated rings. The Labute approximate surface area is 115 Å². The Morgan fingerprint density at radius 3 is 2.42 bits per heavy atom. The summed E-state index contributed by atoms with van der Waals surface area (Å²) in [6.45, 7) is 8.87. The van der Waals surface area contributed by atoms with Crippen molar-refractivity contribution in [1.82, 2.24) is 9.62 Å². The molecule has 0 amide bonds. The van der Waals surface area contributed by atoms with Crippen LogP contribution in [0.25, 0.3) is 0 Å². The summed E-state index contributed by atoms with van der Waals surface area (Å²) in [6.07, 6.45) is 0. The van der Waals surface area contributed by atoms with E-state index in [1.165, 1.54) is 0 Å². The molecule has 0 unspecified atom stereocenters. The van der Waals surface area contributed by atoms with Crippen LogP contribution in [-0.4, -0.2) is 39.5 Å². The molecule has 6 heteroatoms. The van der Waals surface area contributed by atoms with Gasteiger partial charge in [-0.2, -0.15) is 0 Å². The Kier molecular flexibility index (Phi) is 5.78. The highest BCUT2D eigenvalue weighted by molar-refractivity contribution is 7.89. The average Bonchev–Trinajstić information content (AvgIpc) is 2.34. The van der Waals surface area contributed by atoms with Crippen molar-refractivity contribution in [1.29, 1.82) is 0 Å². The summed E-state index contributed by atoms with van der Waals surface area (Å²) in [5.41, 5.74) is 6.99. The zero-order valence-corrected chi connectivity index (χ0v) is 12.6. The second-order valence-electron chi connectivity index (χ2n) is 4.47. The van der Waals surface area contributed by atoms with Crippen LogP contribution in [0.1, 0.15) is 19.4 Å². The second kappa shape index (κ2) is 6.88. The molecule has 5 nitrogen and oxygen atoms in total. The molecule has 0 spiro atoms. The fourth-order valence-electron chi connectivity index (χ4n) is 1.87. The van der Waals surface area contributed by atoms with Crippen LogP contribution in [0.5, 0.6) is 0 Å². The monoisotopic (exact) mass is 285 g/mol. The first kappa shape index (κ1) is 15.9. The third-order valence-corrected chi connectivity index (χ3v) is 4.60. The molecule has 0 aliphatic carbocycles. The lowest BCUT2D eigenvalue weighted by Gasteiger charge is -2.18. The minimum absolute atomic E-state index is 0.151. The predicted octanol–water partition coefficient (Wildman–Crippen LogP) is 1.20. The number of hydrogen-bond acceptors (Lipinski definition) is 4. The second-order valence-corrected chi connectivity index (χ2v) is 6.20. The smallest absolute Gasteiger partial charge is 0.242 e. The standard InChI is InChI=1S/C13H23N3O2S/c1-4-16(5-2)9-8-15-19(17,18)13-7-6-11(3)10-12(13)14/h6-7,10,15H,4-5,8-9,14H2,1-3H3. The van der Waals surface area contributed by atoms with Gasteiger partial charge in [-0.05, 0) is 37.7 Å². The Morgan fingerprint density at radius 2 is 1.89 bits per heavy atom. The summed E-state index contributed by atoms with van der Waals surface area (Å²) in [6, 6.07) is 4.96. The van der Waals surface area contributed by atoms with E-state index < -0.39 is 10.0 Å². The van der Waals surface area contributed by atoms with E-state index in [1.54, 1.807) is 18.2 Å². The van der Waals surface area contributed by atoms with Gasteiger partial charge in [0.1, 0.15) is 4.90 Å². The summed E-state index contributed by atoms with van der Waals surface area (Å²) in [7, 11) is -3.52. The fourth-order valence-corrected chi connectivity index (χ4v) is 3.00. The Balaban J connectivity index is 2.71. The third-order valence-electron chi connectivity index (χ3n) is 3.07. The number of aryl methyl sites for hydroxylation is 1. The number of nitrogens with zero attached hydrogens (tertiary/aromatic N) is 1. The first-order valence-electron chi connectivity index (χ1n) is 6.48. The van der Waals surface area contributed by atoms with Gasteiger partial charge < -0.3 is 10.6 Å². The van der Waals surface area contributed by atoms with Crippen LogP contribution < -0.4 is 10.5 Å². The Bertz CT molecular complexity index is 511. The van der Waals surface area contributed by atoms with Crippen molar-refractivity contribution in [2.75, 3.05) is 31.9 Å². The topological polar surface area (TPSA) is 75.4 Å². The van der Waals surface area contributed by atoms with E-state index >= 15 is 0 Å². The largest absolute Gasteiger partial charge is 0.398 e. The van der Waals surface area contributed by atoms with E-state index in [0.717, 1.165) is 18.7 Å². The van der Waals surface area contributed by atoms with Crippen LogP contribution in [0.15, 0.2) is 23.1 Å². The van der Waals surface area contributed by atoms with Crippen molar-refractivity contribution in [3.8, 4) is 0 Å².